The zero-order valence-corrected chi connectivity index (χ0v) is 18.9. The number of amides is 1. The first-order valence-electron chi connectivity index (χ1n) is 10.8. The minimum Gasteiger partial charge on any atom is -0.444 e. The number of nitrogens with zero attached hydrogens (tertiary/aromatic N) is 5. The highest BCUT2D eigenvalue weighted by Gasteiger charge is 2.24. The van der Waals surface area contributed by atoms with E-state index in [2.05, 4.69) is 42.8 Å². The van der Waals surface area contributed by atoms with Gasteiger partial charge in [0.15, 0.2) is 5.82 Å². The van der Waals surface area contributed by atoms with Crippen LogP contribution in [0.4, 0.5) is 16.4 Å². The molecule has 0 spiro atoms. The monoisotopic (exact) mass is 435 g/mol. The maximum Gasteiger partial charge on any atom is 0.408 e. The summed E-state index contributed by atoms with van der Waals surface area (Å²) in [6, 6.07) is 6.11. The van der Waals surface area contributed by atoms with Crippen LogP contribution in [0.25, 0.3) is 11.4 Å². The van der Waals surface area contributed by atoms with E-state index >= 15 is 0 Å². The summed E-state index contributed by atoms with van der Waals surface area (Å²) in [4.78, 5) is 25.5. The maximum absolute atomic E-state index is 12.4. The molecule has 1 unspecified atom stereocenters. The number of hydrogen-bond acceptors (Lipinski definition) is 7. The molecule has 0 saturated heterocycles. The molecule has 0 aliphatic heterocycles. The van der Waals surface area contributed by atoms with Crippen LogP contribution in [-0.4, -0.2) is 36.4 Å². The van der Waals surface area contributed by atoms with Crippen molar-refractivity contribution in [1.29, 1.82) is 0 Å². The van der Waals surface area contributed by atoms with Crippen molar-refractivity contribution in [3.05, 3.63) is 48.0 Å². The molecule has 0 radical (unpaired) electrons. The van der Waals surface area contributed by atoms with Crippen LogP contribution in [0.3, 0.4) is 0 Å². The van der Waals surface area contributed by atoms with E-state index in [1.165, 1.54) is 11.9 Å². The second kappa shape index (κ2) is 8.94. The van der Waals surface area contributed by atoms with E-state index in [0.717, 1.165) is 42.5 Å². The molecule has 168 valence electrons. The third kappa shape index (κ3) is 5.40. The van der Waals surface area contributed by atoms with Crippen molar-refractivity contribution in [1.82, 2.24) is 30.0 Å². The first kappa shape index (κ1) is 21.7. The van der Waals surface area contributed by atoms with Gasteiger partial charge in [0.25, 0.3) is 0 Å². The molecule has 0 fully saturated rings. The van der Waals surface area contributed by atoms with Crippen LogP contribution in [0.5, 0.6) is 0 Å². The Balaban J connectivity index is 1.56. The number of anilines is 2. The van der Waals surface area contributed by atoms with Crippen molar-refractivity contribution in [2.45, 2.75) is 58.1 Å². The van der Waals surface area contributed by atoms with Gasteiger partial charge in [-0.15, -0.1) is 0 Å². The molecular weight excluding hydrogens is 406 g/mol. The van der Waals surface area contributed by atoms with Crippen LogP contribution in [0.2, 0.25) is 0 Å². The van der Waals surface area contributed by atoms with Gasteiger partial charge in [0.2, 0.25) is 5.95 Å². The van der Waals surface area contributed by atoms with Crippen molar-refractivity contribution in [3.8, 4) is 11.4 Å². The Morgan fingerprint density at radius 3 is 2.81 bits per heavy atom. The second-order valence-corrected chi connectivity index (χ2v) is 9.02. The lowest BCUT2D eigenvalue weighted by molar-refractivity contribution is 0.0501. The Kier molecular flexibility index (Phi) is 6.07. The van der Waals surface area contributed by atoms with Gasteiger partial charge in [-0.25, -0.2) is 14.8 Å². The van der Waals surface area contributed by atoms with Gasteiger partial charge in [0, 0.05) is 18.8 Å². The summed E-state index contributed by atoms with van der Waals surface area (Å²) in [7, 11) is 1.85. The molecule has 1 aliphatic rings. The summed E-state index contributed by atoms with van der Waals surface area (Å²) in [6.45, 7) is 5.60. The van der Waals surface area contributed by atoms with Crippen molar-refractivity contribution < 1.29 is 9.53 Å². The third-order valence-corrected chi connectivity index (χ3v) is 5.19. The number of fused-ring (bicyclic) bond motifs is 1. The van der Waals surface area contributed by atoms with Crippen molar-refractivity contribution in [2.75, 3.05) is 5.32 Å². The van der Waals surface area contributed by atoms with Crippen LogP contribution >= 0.6 is 0 Å². The molecule has 0 saturated carbocycles. The van der Waals surface area contributed by atoms with Gasteiger partial charge in [-0.3, -0.25) is 4.68 Å². The standard InChI is InChI=1S/C23H29N7O2/c1-23(2,3)32-22(31)28-19-8-6-5-7-15-11-16(9-10-18(15)19)20-24-14-25-21(29-20)27-17-12-26-30(4)13-17/h9-14,19H,5-8H2,1-4H3,(H,28,31)(H,24,25,27,29). The van der Waals surface area contributed by atoms with E-state index < -0.39 is 5.60 Å². The van der Waals surface area contributed by atoms with Gasteiger partial charge in [0.05, 0.1) is 17.9 Å². The number of nitrogens with one attached hydrogen (secondary N) is 2. The first-order chi connectivity index (χ1) is 15.3. The van der Waals surface area contributed by atoms with Gasteiger partial charge in [0.1, 0.15) is 11.9 Å². The third-order valence-electron chi connectivity index (χ3n) is 5.19. The number of aromatic nitrogens is 5. The molecular formula is C23H29N7O2. The fourth-order valence-corrected chi connectivity index (χ4v) is 3.83. The number of benzene rings is 1. The summed E-state index contributed by atoms with van der Waals surface area (Å²) in [6.07, 6.45) is 8.61. The Morgan fingerprint density at radius 2 is 2.06 bits per heavy atom. The topological polar surface area (TPSA) is 107 Å². The summed E-state index contributed by atoms with van der Waals surface area (Å²) < 4.78 is 7.17. The molecule has 9 nitrogen and oxygen atoms in total. The first-order valence-corrected chi connectivity index (χ1v) is 10.8. The smallest absolute Gasteiger partial charge is 0.408 e. The molecule has 2 N–H and O–H groups in total. The Morgan fingerprint density at radius 1 is 1.22 bits per heavy atom. The Bertz CT molecular complexity index is 1100. The number of aryl methyl sites for hydroxylation is 2. The molecule has 9 heteroatoms. The average Bonchev–Trinajstić information content (AvgIpc) is 3.02. The van der Waals surface area contributed by atoms with Gasteiger partial charge < -0.3 is 15.4 Å². The van der Waals surface area contributed by atoms with Gasteiger partial charge in [-0.2, -0.15) is 10.1 Å². The SMILES string of the molecule is Cn1cc(Nc2ncnc(-c3ccc4c(c3)CCCCC4NC(=O)OC(C)(C)C)n2)cn1. The van der Waals surface area contributed by atoms with Crippen LogP contribution in [0, 0.1) is 0 Å². The molecule has 0 bridgehead atoms. The number of carbonyl (C=O) groups is 1. The maximum atomic E-state index is 12.4. The minimum atomic E-state index is -0.526. The molecule has 1 atom stereocenters. The van der Waals surface area contributed by atoms with E-state index in [9.17, 15) is 4.79 Å². The van der Waals surface area contributed by atoms with Crippen molar-refractivity contribution in [3.63, 3.8) is 0 Å². The summed E-state index contributed by atoms with van der Waals surface area (Å²) in [5.74, 6) is 1.05. The van der Waals surface area contributed by atoms with E-state index in [0.29, 0.717) is 11.8 Å². The number of alkyl carbamates (subject to hydrolysis) is 1. The lowest BCUT2D eigenvalue weighted by Crippen LogP contribution is -2.35. The highest BCUT2D eigenvalue weighted by atomic mass is 16.6. The predicted octanol–water partition coefficient (Wildman–Crippen LogP) is 4.31. The molecule has 2 heterocycles. The van der Waals surface area contributed by atoms with Gasteiger partial charge in [-0.05, 0) is 57.2 Å². The van der Waals surface area contributed by atoms with E-state index in [1.807, 2.05) is 40.1 Å². The molecule has 32 heavy (non-hydrogen) atoms. The second-order valence-electron chi connectivity index (χ2n) is 9.02. The number of rotatable bonds is 4. The van der Waals surface area contributed by atoms with Crippen molar-refractivity contribution in [2.24, 2.45) is 7.05 Å². The minimum absolute atomic E-state index is 0.0717. The lowest BCUT2D eigenvalue weighted by atomic mass is 9.96. The average molecular weight is 436 g/mol. The molecule has 4 rings (SSSR count). The van der Waals surface area contributed by atoms with E-state index in [1.54, 1.807) is 10.9 Å². The van der Waals surface area contributed by atoms with Gasteiger partial charge in [-0.1, -0.05) is 18.6 Å². The van der Waals surface area contributed by atoms with E-state index in [4.69, 9.17) is 4.74 Å². The van der Waals surface area contributed by atoms with Crippen LogP contribution < -0.4 is 10.6 Å². The fourth-order valence-electron chi connectivity index (χ4n) is 3.83. The number of ether oxygens (including phenoxy) is 1. The zero-order chi connectivity index (χ0) is 22.7. The molecule has 2 aromatic heterocycles. The Hall–Kier alpha value is -3.49. The Labute approximate surface area is 187 Å². The van der Waals surface area contributed by atoms with Crippen molar-refractivity contribution >= 4 is 17.7 Å². The van der Waals surface area contributed by atoms with Gasteiger partial charge >= 0.3 is 6.09 Å². The molecule has 3 aromatic rings. The highest BCUT2D eigenvalue weighted by molar-refractivity contribution is 5.69. The number of hydrogen-bond donors (Lipinski definition) is 2. The predicted molar refractivity (Wildman–Crippen MR) is 121 cm³/mol. The van der Waals surface area contributed by atoms with Crippen LogP contribution in [0.15, 0.2) is 36.9 Å². The summed E-state index contributed by atoms with van der Waals surface area (Å²) in [5, 5.41) is 10.3. The summed E-state index contributed by atoms with van der Waals surface area (Å²) >= 11 is 0. The normalized spacial score (nSPS) is 16.1. The zero-order valence-electron chi connectivity index (χ0n) is 18.9. The fraction of sp³-hybridized carbons (Fsp3) is 0.435. The molecule has 1 aliphatic carbocycles. The summed E-state index contributed by atoms with van der Waals surface area (Å²) in [5.41, 5.74) is 3.52. The number of carbonyl (C=O) groups excluding carboxylic acids is 1. The highest BCUT2D eigenvalue weighted by Crippen LogP contribution is 2.32. The van der Waals surface area contributed by atoms with Crippen LogP contribution in [0.1, 0.15) is 57.2 Å². The van der Waals surface area contributed by atoms with Crippen LogP contribution in [-0.2, 0) is 18.2 Å². The van der Waals surface area contributed by atoms with E-state index in [-0.39, 0.29) is 12.1 Å². The molecule has 1 amide bonds. The lowest BCUT2D eigenvalue weighted by Gasteiger charge is -2.24. The quantitative estimate of drug-likeness (QED) is 0.588. The largest absolute Gasteiger partial charge is 0.444 e. The molecule has 1 aromatic carbocycles.